The highest BCUT2D eigenvalue weighted by molar-refractivity contribution is 7.99. The van der Waals surface area contributed by atoms with Crippen molar-refractivity contribution < 1.29 is 4.79 Å². The predicted molar refractivity (Wildman–Crippen MR) is 91.7 cm³/mol. The van der Waals surface area contributed by atoms with Crippen LogP contribution >= 0.6 is 11.8 Å². The van der Waals surface area contributed by atoms with Crippen LogP contribution in [-0.2, 0) is 11.3 Å². The third kappa shape index (κ3) is 8.79. The zero-order valence-electron chi connectivity index (χ0n) is 13.8. The lowest BCUT2D eigenvalue weighted by Gasteiger charge is -2.20. The predicted octanol–water partition coefficient (Wildman–Crippen LogP) is 3.58. The van der Waals surface area contributed by atoms with Gasteiger partial charge in [0.2, 0.25) is 5.91 Å². The Morgan fingerprint density at radius 2 is 1.81 bits per heavy atom. The van der Waals surface area contributed by atoms with Crippen LogP contribution in [0.3, 0.4) is 0 Å². The molecule has 4 heteroatoms. The third-order valence-corrected chi connectivity index (χ3v) is 3.81. The Balaban J connectivity index is 2.33. The molecule has 0 heterocycles. The molecule has 21 heavy (non-hydrogen) atoms. The quantitative estimate of drug-likeness (QED) is 0.757. The van der Waals surface area contributed by atoms with Gasteiger partial charge in [-0.1, -0.05) is 12.1 Å². The molecule has 0 aliphatic carbocycles. The van der Waals surface area contributed by atoms with E-state index in [-0.39, 0.29) is 17.5 Å². The largest absolute Gasteiger partial charge is 0.354 e. The van der Waals surface area contributed by atoms with Gasteiger partial charge in [-0.2, -0.15) is 0 Å². The number of nitrogens with one attached hydrogen (secondary N) is 2. The number of carbonyl (C=O) groups is 1. The summed E-state index contributed by atoms with van der Waals surface area (Å²) >= 11 is 1.73. The normalized spacial score (nSPS) is 11.7. The van der Waals surface area contributed by atoms with E-state index in [0.717, 1.165) is 12.3 Å². The molecule has 0 radical (unpaired) electrons. The van der Waals surface area contributed by atoms with Crippen molar-refractivity contribution in [3.05, 3.63) is 29.8 Å². The van der Waals surface area contributed by atoms with Crippen molar-refractivity contribution in [3.63, 3.8) is 0 Å². The second kappa shape index (κ2) is 8.44. The number of benzene rings is 1. The summed E-state index contributed by atoms with van der Waals surface area (Å²) in [6.07, 6.45) is 0.566. The van der Waals surface area contributed by atoms with E-state index in [1.54, 1.807) is 11.8 Å². The van der Waals surface area contributed by atoms with Gasteiger partial charge in [0.15, 0.2) is 0 Å². The highest BCUT2D eigenvalue weighted by atomic mass is 32.2. The number of thioether (sulfide) groups is 1. The molecule has 1 aromatic rings. The molecular formula is C17H28N2OS. The van der Waals surface area contributed by atoms with Crippen molar-refractivity contribution in [2.45, 2.75) is 64.1 Å². The first-order valence-corrected chi connectivity index (χ1v) is 8.51. The maximum Gasteiger partial charge on any atom is 0.221 e. The van der Waals surface area contributed by atoms with E-state index in [1.165, 1.54) is 10.5 Å². The Bertz CT molecular complexity index is 435. The number of carbonyl (C=O) groups excluding carboxylic acids is 1. The minimum absolute atomic E-state index is 0.128. The maximum absolute atomic E-state index is 11.5. The smallest absolute Gasteiger partial charge is 0.221 e. The van der Waals surface area contributed by atoms with E-state index >= 15 is 0 Å². The van der Waals surface area contributed by atoms with Gasteiger partial charge in [0.25, 0.3) is 0 Å². The number of amides is 1. The molecule has 0 saturated heterocycles. The molecule has 118 valence electrons. The van der Waals surface area contributed by atoms with Gasteiger partial charge < -0.3 is 10.6 Å². The minimum Gasteiger partial charge on any atom is -0.354 e. The molecule has 0 saturated carbocycles. The summed E-state index contributed by atoms with van der Waals surface area (Å²) in [5, 5.41) is 6.38. The fourth-order valence-corrected chi connectivity index (χ4v) is 2.58. The van der Waals surface area contributed by atoms with Crippen molar-refractivity contribution in [3.8, 4) is 0 Å². The second-order valence-electron chi connectivity index (χ2n) is 6.57. The molecular weight excluding hydrogens is 280 g/mol. The molecule has 0 atom stereocenters. The summed E-state index contributed by atoms with van der Waals surface area (Å²) in [5.74, 6) is 0.946. The summed E-state index contributed by atoms with van der Waals surface area (Å²) in [5.41, 5.74) is 1.42. The van der Waals surface area contributed by atoms with Gasteiger partial charge in [0.05, 0.1) is 0 Å². The first-order valence-electron chi connectivity index (χ1n) is 7.52. The number of hydrogen-bond donors (Lipinski definition) is 2. The average Bonchev–Trinajstić information content (AvgIpc) is 2.36. The van der Waals surface area contributed by atoms with Gasteiger partial charge >= 0.3 is 0 Å². The van der Waals surface area contributed by atoms with E-state index in [0.29, 0.717) is 6.42 Å². The second-order valence-corrected chi connectivity index (χ2v) is 7.74. The summed E-state index contributed by atoms with van der Waals surface area (Å²) < 4.78 is 0. The SMILES string of the molecule is CC(C)NC(=O)CCSc1ccc(CNC(C)(C)C)cc1. The van der Waals surface area contributed by atoms with E-state index in [1.807, 2.05) is 13.8 Å². The van der Waals surface area contributed by atoms with E-state index in [2.05, 4.69) is 55.7 Å². The van der Waals surface area contributed by atoms with Crippen LogP contribution in [0.2, 0.25) is 0 Å². The van der Waals surface area contributed by atoms with E-state index < -0.39 is 0 Å². The van der Waals surface area contributed by atoms with Crippen LogP contribution in [0, 0.1) is 0 Å². The van der Waals surface area contributed by atoms with Gasteiger partial charge in [-0.05, 0) is 52.3 Å². The third-order valence-electron chi connectivity index (χ3n) is 2.79. The van der Waals surface area contributed by atoms with Crippen LogP contribution in [-0.4, -0.2) is 23.2 Å². The Hall–Kier alpha value is -1.00. The summed E-state index contributed by atoms with van der Waals surface area (Å²) in [4.78, 5) is 12.8. The van der Waals surface area contributed by atoms with Crippen molar-refractivity contribution in [1.82, 2.24) is 10.6 Å². The van der Waals surface area contributed by atoms with Crippen LogP contribution < -0.4 is 10.6 Å². The standard InChI is InChI=1S/C17H28N2OS/c1-13(2)19-16(20)10-11-21-15-8-6-14(7-9-15)12-18-17(3,4)5/h6-9,13,18H,10-12H2,1-5H3,(H,19,20). The van der Waals surface area contributed by atoms with Gasteiger partial charge in [0.1, 0.15) is 0 Å². The Morgan fingerprint density at radius 3 is 2.33 bits per heavy atom. The van der Waals surface area contributed by atoms with Gasteiger partial charge in [-0.15, -0.1) is 11.8 Å². The van der Waals surface area contributed by atoms with E-state index in [9.17, 15) is 4.79 Å². The average molecular weight is 308 g/mol. The van der Waals surface area contributed by atoms with Gasteiger partial charge in [-0.3, -0.25) is 4.79 Å². The van der Waals surface area contributed by atoms with Crippen LogP contribution in [0.1, 0.15) is 46.6 Å². The molecule has 0 unspecified atom stereocenters. The maximum atomic E-state index is 11.5. The lowest BCUT2D eigenvalue weighted by atomic mass is 10.1. The highest BCUT2D eigenvalue weighted by Crippen LogP contribution is 2.19. The molecule has 1 amide bonds. The molecule has 2 N–H and O–H groups in total. The van der Waals surface area contributed by atoms with Gasteiger partial charge in [-0.25, -0.2) is 0 Å². The molecule has 1 aromatic carbocycles. The molecule has 0 aromatic heterocycles. The fraction of sp³-hybridized carbons (Fsp3) is 0.588. The first kappa shape index (κ1) is 18.1. The lowest BCUT2D eigenvalue weighted by molar-refractivity contribution is -0.121. The molecule has 0 aliphatic rings. The molecule has 0 spiro atoms. The van der Waals surface area contributed by atoms with Crippen LogP contribution in [0.25, 0.3) is 0 Å². The fourth-order valence-electron chi connectivity index (χ4n) is 1.73. The van der Waals surface area contributed by atoms with Gasteiger partial charge in [0, 0.05) is 35.2 Å². The van der Waals surface area contributed by atoms with E-state index in [4.69, 9.17) is 0 Å². The Kier molecular flexibility index (Phi) is 7.26. The summed E-state index contributed by atoms with van der Waals surface area (Å²) in [6, 6.07) is 8.77. The van der Waals surface area contributed by atoms with Crippen molar-refractivity contribution >= 4 is 17.7 Å². The molecule has 0 bridgehead atoms. The minimum atomic E-state index is 0.128. The zero-order valence-corrected chi connectivity index (χ0v) is 14.6. The van der Waals surface area contributed by atoms with Crippen LogP contribution in [0.4, 0.5) is 0 Å². The van der Waals surface area contributed by atoms with Crippen LogP contribution in [0.5, 0.6) is 0 Å². The zero-order chi connectivity index (χ0) is 15.9. The molecule has 1 rings (SSSR count). The summed E-state index contributed by atoms with van der Waals surface area (Å²) in [7, 11) is 0. The Labute approximate surface area is 133 Å². The lowest BCUT2D eigenvalue weighted by Crippen LogP contribution is -2.35. The first-order chi connectivity index (χ1) is 9.76. The van der Waals surface area contributed by atoms with Crippen molar-refractivity contribution in [2.24, 2.45) is 0 Å². The monoisotopic (exact) mass is 308 g/mol. The molecule has 3 nitrogen and oxygen atoms in total. The number of rotatable bonds is 7. The summed E-state index contributed by atoms with van der Waals surface area (Å²) in [6.45, 7) is 11.3. The molecule has 0 aliphatic heterocycles. The number of hydrogen-bond acceptors (Lipinski definition) is 3. The Morgan fingerprint density at radius 1 is 1.19 bits per heavy atom. The van der Waals surface area contributed by atoms with Crippen LogP contribution in [0.15, 0.2) is 29.2 Å². The highest BCUT2D eigenvalue weighted by Gasteiger charge is 2.08. The molecule has 0 fully saturated rings. The topological polar surface area (TPSA) is 41.1 Å². The van der Waals surface area contributed by atoms with Crippen molar-refractivity contribution in [2.75, 3.05) is 5.75 Å². The van der Waals surface area contributed by atoms with Crippen molar-refractivity contribution in [1.29, 1.82) is 0 Å².